The van der Waals surface area contributed by atoms with Crippen molar-refractivity contribution >= 4 is 23.5 Å². The second-order valence-corrected chi connectivity index (χ2v) is 10.1. The number of rotatable bonds is 4. The molecule has 2 fully saturated rings. The summed E-state index contributed by atoms with van der Waals surface area (Å²) in [4.78, 5) is 16.2. The topological polar surface area (TPSA) is 123 Å². The van der Waals surface area contributed by atoms with Gasteiger partial charge in [0.2, 0.25) is 6.29 Å². The van der Waals surface area contributed by atoms with Gasteiger partial charge in [0.1, 0.15) is 17.6 Å². The maximum atomic E-state index is 10.2. The molecule has 196 valence electrons. The van der Waals surface area contributed by atoms with Crippen molar-refractivity contribution in [1.29, 1.82) is 0 Å². The molecule has 3 N–H and O–H groups in total. The number of methoxy groups -OCH3 is 1. The van der Waals surface area contributed by atoms with E-state index in [1.807, 2.05) is 12.1 Å². The van der Waals surface area contributed by atoms with Crippen molar-refractivity contribution in [3.63, 3.8) is 0 Å². The Kier molecular flexibility index (Phi) is 11.3. The molecule has 3 aliphatic carbocycles. The summed E-state index contributed by atoms with van der Waals surface area (Å²) >= 11 is 6.40. The van der Waals surface area contributed by atoms with Crippen LogP contribution in [-0.4, -0.2) is 53.2 Å². The fraction of sp³-hybridized carbons (Fsp3) is 0.556. The summed E-state index contributed by atoms with van der Waals surface area (Å²) in [6.45, 7) is 1.06. The van der Waals surface area contributed by atoms with E-state index >= 15 is 0 Å². The number of carbonyl (C=O) groups excluding carboxylic acids is 2. The van der Waals surface area contributed by atoms with Gasteiger partial charge in [0, 0.05) is 11.5 Å². The van der Waals surface area contributed by atoms with Crippen molar-refractivity contribution in [3.8, 4) is 5.75 Å². The van der Waals surface area contributed by atoms with Gasteiger partial charge in [0.15, 0.2) is 0 Å². The van der Waals surface area contributed by atoms with Crippen LogP contribution < -0.4 is 34.3 Å². The van der Waals surface area contributed by atoms with E-state index < -0.39 is 24.6 Å². The molecular weight excluding hydrogens is 511 g/mol. The molecular formula is C27H32ClNaO8. The van der Waals surface area contributed by atoms with Gasteiger partial charge < -0.3 is 29.5 Å². The standard InChI is InChI=1S/C26H32ClO6.CO2.Na/c1-31-25(22-15-6-4-8-18(22)17-7-3-2-5-14(17)11-15)16-9-10-19(27)21(12-16)33-26-24(30)23(29)20(28)13-32-26;2-1-3;/h9-10,12-13,15,18,20,23-24,26,28-30H,2-8,11H2,1H3;;/q-1;;+1/b25-22+;;/t15?,18?,20-,23+,24?,26+;;/m1../s1. The third kappa shape index (κ3) is 6.52. The minimum absolute atomic E-state index is 0. The summed E-state index contributed by atoms with van der Waals surface area (Å²) in [5.41, 5.74) is 5.61. The van der Waals surface area contributed by atoms with Gasteiger partial charge >= 0.3 is 35.7 Å². The molecule has 3 unspecified atom stereocenters. The number of aliphatic hydroxyl groups excluding tert-OH is 3. The summed E-state index contributed by atoms with van der Waals surface area (Å²) in [6, 6.07) is 5.49. The van der Waals surface area contributed by atoms with E-state index in [4.69, 9.17) is 35.4 Å². The Morgan fingerprint density at radius 1 is 1.11 bits per heavy atom. The SMILES string of the molecule is CO/C(=C1\C2CCCC1C1=C(CCCC1)C2)c1ccc(Cl)c(O[C@@H]2O[CH-][C@@H](O)[C@H](O)C2O)c1.O=C=O.[Na+]. The number of allylic oxidation sites excluding steroid dienone is 3. The number of fused-ring (bicyclic) bond motifs is 3. The molecule has 0 radical (unpaired) electrons. The molecule has 0 spiro atoms. The average Bonchev–Trinajstić information content (AvgIpc) is 2.87. The zero-order valence-electron chi connectivity index (χ0n) is 21.2. The van der Waals surface area contributed by atoms with Gasteiger partial charge in [0.25, 0.3) is 0 Å². The van der Waals surface area contributed by atoms with Crippen molar-refractivity contribution < 1.29 is 68.7 Å². The van der Waals surface area contributed by atoms with E-state index in [2.05, 4.69) is 0 Å². The van der Waals surface area contributed by atoms with Crippen LogP contribution in [0.25, 0.3) is 5.76 Å². The summed E-state index contributed by atoms with van der Waals surface area (Å²) in [7, 11) is 1.72. The second-order valence-electron chi connectivity index (χ2n) is 9.67. The zero-order valence-corrected chi connectivity index (χ0v) is 23.9. The zero-order chi connectivity index (χ0) is 25.8. The predicted molar refractivity (Wildman–Crippen MR) is 129 cm³/mol. The van der Waals surface area contributed by atoms with Crippen LogP contribution in [-0.2, 0) is 19.1 Å². The largest absolute Gasteiger partial charge is 1.00 e. The Hall–Kier alpha value is -1.19. The van der Waals surface area contributed by atoms with E-state index in [0.29, 0.717) is 22.6 Å². The number of hydrogen-bond acceptors (Lipinski definition) is 8. The fourth-order valence-electron chi connectivity index (χ4n) is 6.07. The van der Waals surface area contributed by atoms with Gasteiger partial charge in [-0.1, -0.05) is 29.2 Å². The van der Waals surface area contributed by atoms with Crippen LogP contribution in [0.15, 0.2) is 34.9 Å². The van der Waals surface area contributed by atoms with E-state index in [9.17, 15) is 15.3 Å². The second kappa shape index (κ2) is 13.7. The molecule has 8 nitrogen and oxygen atoms in total. The number of aliphatic hydroxyl groups is 3. The molecule has 37 heavy (non-hydrogen) atoms. The number of ether oxygens (including phenoxy) is 3. The van der Waals surface area contributed by atoms with Crippen LogP contribution in [0.4, 0.5) is 0 Å². The summed E-state index contributed by atoms with van der Waals surface area (Å²) in [5, 5.41) is 30.2. The van der Waals surface area contributed by atoms with Crippen molar-refractivity contribution in [2.45, 2.75) is 76.0 Å². The molecule has 1 aromatic rings. The quantitative estimate of drug-likeness (QED) is 0.221. The molecule has 1 saturated heterocycles. The molecule has 1 aliphatic heterocycles. The molecule has 5 rings (SSSR count). The van der Waals surface area contributed by atoms with Gasteiger partial charge in [-0.15, -0.1) is 0 Å². The summed E-state index contributed by atoms with van der Waals surface area (Å²) in [6.07, 6.45) is 4.75. The molecule has 10 heteroatoms. The Balaban J connectivity index is 0.000000908. The maximum absolute atomic E-state index is 10.2. The van der Waals surface area contributed by atoms with E-state index in [1.54, 1.807) is 24.3 Å². The molecule has 4 aliphatic rings. The monoisotopic (exact) mass is 542 g/mol. The maximum Gasteiger partial charge on any atom is 1.00 e. The third-order valence-corrected chi connectivity index (χ3v) is 7.95. The van der Waals surface area contributed by atoms with Crippen LogP contribution in [0.5, 0.6) is 5.75 Å². The first-order chi connectivity index (χ1) is 17.4. The smallest absolute Gasteiger partial charge is 0.516 e. The van der Waals surface area contributed by atoms with Gasteiger partial charge in [-0.05, 0) is 80.7 Å². The van der Waals surface area contributed by atoms with Crippen LogP contribution in [0.1, 0.15) is 56.9 Å². The normalized spacial score (nSPS) is 32.0. The van der Waals surface area contributed by atoms with E-state index in [-0.39, 0.29) is 35.7 Å². The van der Waals surface area contributed by atoms with Crippen molar-refractivity contribution in [2.75, 3.05) is 7.11 Å². The van der Waals surface area contributed by atoms with Crippen LogP contribution in [0, 0.1) is 18.4 Å². The molecule has 1 aromatic carbocycles. The Labute approximate surface area is 243 Å². The molecule has 2 bridgehead atoms. The number of benzene rings is 1. The molecule has 1 saturated carbocycles. The molecule has 6 atom stereocenters. The molecule has 0 aromatic heterocycles. The fourth-order valence-corrected chi connectivity index (χ4v) is 6.23. The van der Waals surface area contributed by atoms with Crippen molar-refractivity contribution in [1.82, 2.24) is 0 Å². The molecule has 1 heterocycles. The van der Waals surface area contributed by atoms with Gasteiger partial charge in [-0.3, -0.25) is 0 Å². The molecule has 0 amide bonds. The first-order valence-corrected chi connectivity index (χ1v) is 12.7. The van der Waals surface area contributed by atoms with Crippen LogP contribution in [0.2, 0.25) is 5.02 Å². The summed E-state index contributed by atoms with van der Waals surface area (Å²) < 4.78 is 17.1. The van der Waals surface area contributed by atoms with Crippen LogP contribution in [0.3, 0.4) is 0 Å². The van der Waals surface area contributed by atoms with Crippen LogP contribution >= 0.6 is 11.6 Å². The average molecular weight is 543 g/mol. The Morgan fingerprint density at radius 3 is 2.57 bits per heavy atom. The Morgan fingerprint density at radius 2 is 1.84 bits per heavy atom. The summed E-state index contributed by atoms with van der Waals surface area (Å²) in [5.74, 6) is 2.17. The predicted octanol–water partition coefficient (Wildman–Crippen LogP) is 0.788. The van der Waals surface area contributed by atoms with Crippen molar-refractivity contribution in [3.05, 3.63) is 52.1 Å². The van der Waals surface area contributed by atoms with Crippen molar-refractivity contribution in [2.24, 2.45) is 11.8 Å². The van der Waals surface area contributed by atoms with Gasteiger partial charge in [-0.25, -0.2) is 0 Å². The number of hydrogen-bond donors (Lipinski definition) is 3. The first-order valence-electron chi connectivity index (χ1n) is 12.4. The third-order valence-electron chi connectivity index (χ3n) is 7.64. The van der Waals surface area contributed by atoms with Gasteiger partial charge in [0.05, 0.1) is 18.2 Å². The minimum atomic E-state index is -1.42. The van der Waals surface area contributed by atoms with E-state index in [1.165, 1.54) is 50.5 Å². The number of halogens is 1. The first kappa shape index (κ1) is 30.4. The Bertz CT molecular complexity index is 1050. The van der Waals surface area contributed by atoms with Gasteiger partial charge in [-0.2, -0.15) is 16.2 Å². The minimum Gasteiger partial charge on any atom is -0.516 e. The van der Waals surface area contributed by atoms with E-state index in [0.717, 1.165) is 24.4 Å².